The molecular formula is C26H27N3O4S. The molecular weight excluding hydrogens is 450 g/mol. The Morgan fingerprint density at radius 2 is 1.53 bits per heavy atom. The van der Waals surface area contributed by atoms with Crippen LogP contribution in [0.1, 0.15) is 5.56 Å². The monoisotopic (exact) mass is 477 g/mol. The highest BCUT2D eigenvalue weighted by molar-refractivity contribution is 7.92. The lowest BCUT2D eigenvalue weighted by atomic mass is 10.2. The summed E-state index contributed by atoms with van der Waals surface area (Å²) < 4.78 is 32.9. The Morgan fingerprint density at radius 3 is 2.15 bits per heavy atom. The molecule has 3 aromatic rings. The van der Waals surface area contributed by atoms with Crippen molar-refractivity contribution in [2.75, 3.05) is 42.9 Å². The number of nitrogens with one attached hydrogen (secondary N) is 1. The van der Waals surface area contributed by atoms with E-state index in [0.29, 0.717) is 24.5 Å². The molecule has 1 fully saturated rings. The van der Waals surface area contributed by atoms with Gasteiger partial charge in [-0.15, -0.1) is 0 Å². The molecule has 8 heteroatoms. The number of nitrogens with zero attached hydrogens (tertiary/aromatic N) is 2. The molecule has 3 aromatic carbocycles. The Balaban J connectivity index is 1.33. The zero-order chi connectivity index (χ0) is 24.0. The van der Waals surface area contributed by atoms with Gasteiger partial charge in [-0.05, 0) is 60.2 Å². The predicted molar refractivity (Wildman–Crippen MR) is 135 cm³/mol. The Bertz CT molecular complexity index is 1230. The molecule has 1 N–H and O–H groups in total. The van der Waals surface area contributed by atoms with Crippen LogP contribution in [0, 0.1) is 0 Å². The third kappa shape index (κ3) is 5.77. The Labute approximate surface area is 200 Å². The van der Waals surface area contributed by atoms with Crippen LogP contribution in [0.2, 0.25) is 0 Å². The first-order chi connectivity index (χ1) is 16.4. The number of methoxy groups -OCH3 is 1. The standard InChI is InChI=1S/C26H27N3O4S/c1-33-24-12-10-22(11-13-24)27-34(31,32)25-14-7-21(8-15-25)9-16-26(30)29-19-17-28(18-20-29)23-5-3-2-4-6-23/h2-16,27H,17-20H2,1H3/b16-9+. The largest absolute Gasteiger partial charge is 0.497 e. The van der Waals surface area contributed by atoms with Crippen molar-refractivity contribution in [3.05, 3.63) is 90.5 Å². The van der Waals surface area contributed by atoms with Gasteiger partial charge in [0.1, 0.15) is 5.75 Å². The Hall–Kier alpha value is -3.78. The van der Waals surface area contributed by atoms with Crippen molar-refractivity contribution in [1.29, 1.82) is 0 Å². The minimum absolute atomic E-state index is 0.0504. The van der Waals surface area contributed by atoms with Crippen molar-refractivity contribution in [3.63, 3.8) is 0 Å². The third-order valence-electron chi connectivity index (χ3n) is 5.66. The van der Waals surface area contributed by atoms with Gasteiger partial charge in [-0.25, -0.2) is 8.42 Å². The maximum atomic E-state index is 12.6. The van der Waals surface area contributed by atoms with Gasteiger partial charge in [0, 0.05) is 43.6 Å². The lowest BCUT2D eigenvalue weighted by Gasteiger charge is -2.35. The van der Waals surface area contributed by atoms with E-state index < -0.39 is 10.0 Å². The van der Waals surface area contributed by atoms with E-state index >= 15 is 0 Å². The maximum absolute atomic E-state index is 12.6. The highest BCUT2D eigenvalue weighted by atomic mass is 32.2. The highest BCUT2D eigenvalue weighted by Gasteiger charge is 2.19. The minimum Gasteiger partial charge on any atom is -0.497 e. The molecule has 0 unspecified atom stereocenters. The molecule has 7 nitrogen and oxygen atoms in total. The van der Waals surface area contributed by atoms with Crippen LogP contribution in [0.3, 0.4) is 0 Å². The molecule has 1 aliphatic heterocycles. The first kappa shape index (κ1) is 23.4. The van der Waals surface area contributed by atoms with Gasteiger partial charge < -0.3 is 14.5 Å². The summed E-state index contributed by atoms with van der Waals surface area (Å²) in [6.07, 6.45) is 3.25. The summed E-state index contributed by atoms with van der Waals surface area (Å²) in [6.45, 7) is 2.90. The zero-order valence-electron chi connectivity index (χ0n) is 18.9. The molecule has 176 valence electrons. The van der Waals surface area contributed by atoms with E-state index in [2.05, 4.69) is 21.8 Å². The third-order valence-corrected chi connectivity index (χ3v) is 7.06. The molecule has 0 saturated carbocycles. The second-order valence-electron chi connectivity index (χ2n) is 7.88. The van der Waals surface area contributed by atoms with Crippen LogP contribution in [0.4, 0.5) is 11.4 Å². The summed E-state index contributed by atoms with van der Waals surface area (Å²) in [6, 6.07) is 23.2. The van der Waals surface area contributed by atoms with Gasteiger partial charge in [-0.2, -0.15) is 0 Å². The zero-order valence-corrected chi connectivity index (χ0v) is 19.7. The van der Waals surface area contributed by atoms with Crippen LogP contribution in [0.5, 0.6) is 5.75 Å². The summed E-state index contributed by atoms with van der Waals surface area (Å²) in [7, 11) is -2.17. The average Bonchev–Trinajstić information content (AvgIpc) is 2.88. The normalized spacial score (nSPS) is 14.3. The molecule has 0 radical (unpaired) electrons. The van der Waals surface area contributed by atoms with E-state index in [-0.39, 0.29) is 10.8 Å². The van der Waals surface area contributed by atoms with E-state index in [4.69, 9.17) is 4.74 Å². The molecule has 1 amide bonds. The van der Waals surface area contributed by atoms with Gasteiger partial charge in [0.2, 0.25) is 5.91 Å². The maximum Gasteiger partial charge on any atom is 0.261 e. The molecule has 0 aliphatic carbocycles. The summed E-state index contributed by atoms with van der Waals surface area (Å²) in [5.74, 6) is 0.595. The number of amides is 1. The van der Waals surface area contributed by atoms with Crippen molar-refractivity contribution in [2.45, 2.75) is 4.90 Å². The van der Waals surface area contributed by atoms with E-state index in [1.165, 1.54) is 23.9 Å². The first-order valence-corrected chi connectivity index (χ1v) is 12.5. The van der Waals surface area contributed by atoms with Crippen molar-refractivity contribution < 1.29 is 17.9 Å². The number of hydrogen-bond acceptors (Lipinski definition) is 5. The molecule has 1 saturated heterocycles. The van der Waals surface area contributed by atoms with E-state index in [9.17, 15) is 13.2 Å². The fraction of sp³-hybridized carbons (Fsp3) is 0.192. The van der Waals surface area contributed by atoms with Crippen LogP contribution in [0.25, 0.3) is 6.08 Å². The molecule has 0 bridgehead atoms. The fourth-order valence-corrected chi connectivity index (χ4v) is 4.79. The van der Waals surface area contributed by atoms with Crippen LogP contribution in [-0.4, -0.2) is 52.5 Å². The van der Waals surface area contributed by atoms with Gasteiger partial charge >= 0.3 is 0 Å². The summed E-state index contributed by atoms with van der Waals surface area (Å²) in [5.41, 5.74) is 2.36. The van der Waals surface area contributed by atoms with Crippen molar-refractivity contribution in [1.82, 2.24) is 4.90 Å². The molecule has 1 heterocycles. The molecule has 1 aliphatic rings. The first-order valence-electron chi connectivity index (χ1n) is 11.0. The fourth-order valence-electron chi connectivity index (χ4n) is 3.73. The minimum atomic E-state index is -3.72. The van der Waals surface area contributed by atoms with Gasteiger partial charge in [-0.1, -0.05) is 30.3 Å². The van der Waals surface area contributed by atoms with Crippen LogP contribution in [0.15, 0.2) is 89.8 Å². The van der Waals surface area contributed by atoms with Gasteiger partial charge in [0.15, 0.2) is 0 Å². The molecule has 4 rings (SSSR count). The Morgan fingerprint density at radius 1 is 0.882 bits per heavy atom. The Kier molecular flexibility index (Phi) is 7.18. The number of carbonyl (C=O) groups excluding carboxylic acids is 1. The van der Waals surface area contributed by atoms with Gasteiger partial charge in [-0.3, -0.25) is 9.52 Å². The number of anilines is 2. The smallest absolute Gasteiger partial charge is 0.261 e. The number of para-hydroxylation sites is 1. The SMILES string of the molecule is COc1ccc(NS(=O)(=O)c2ccc(/C=C/C(=O)N3CCN(c4ccccc4)CC3)cc2)cc1. The molecule has 0 aromatic heterocycles. The van der Waals surface area contributed by atoms with Gasteiger partial charge in [0.05, 0.1) is 12.0 Å². The summed E-state index contributed by atoms with van der Waals surface area (Å²) >= 11 is 0. The van der Waals surface area contributed by atoms with E-state index in [0.717, 1.165) is 18.7 Å². The number of carbonyl (C=O) groups is 1. The number of benzene rings is 3. The van der Waals surface area contributed by atoms with Crippen molar-refractivity contribution in [3.8, 4) is 5.75 Å². The second-order valence-corrected chi connectivity index (χ2v) is 9.57. The van der Waals surface area contributed by atoms with Crippen LogP contribution >= 0.6 is 0 Å². The number of rotatable bonds is 7. The van der Waals surface area contributed by atoms with Crippen LogP contribution in [-0.2, 0) is 14.8 Å². The molecule has 34 heavy (non-hydrogen) atoms. The number of sulfonamides is 1. The van der Waals surface area contributed by atoms with Crippen molar-refractivity contribution >= 4 is 33.4 Å². The quantitative estimate of drug-likeness (QED) is 0.523. The summed E-state index contributed by atoms with van der Waals surface area (Å²) in [4.78, 5) is 16.8. The second kappa shape index (κ2) is 10.4. The molecule has 0 atom stereocenters. The van der Waals surface area contributed by atoms with Crippen molar-refractivity contribution in [2.24, 2.45) is 0 Å². The lowest BCUT2D eigenvalue weighted by Crippen LogP contribution is -2.48. The predicted octanol–water partition coefficient (Wildman–Crippen LogP) is 3.86. The summed E-state index contributed by atoms with van der Waals surface area (Å²) in [5, 5.41) is 0. The average molecular weight is 478 g/mol. The number of piperazine rings is 1. The highest BCUT2D eigenvalue weighted by Crippen LogP contribution is 2.20. The topological polar surface area (TPSA) is 78.9 Å². The molecule has 0 spiro atoms. The van der Waals surface area contributed by atoms with Crippen LogP contribution < -0.4 is 14.4 Å². The van der Waals surface area contributed by atoms with E-state index in [1.54, 1.807) is 49.6 Å². The number of ether oxygens (including phenoxy) is 1. The van der Waals surface area contributed by atoms with E-state index in [1.807, 2.05) is 23.1 Å². The van der Waals surface area contributed by atoms with Gasteiger partial charge in [0.25, 0.3) is 10.0 Å². The number of hydrogen-bond donors (Lipinski definition) is 1. The lowest BCUT2D eigenvalue weighted by molar-refractivity contribution is -0.126.